The van der Waals surface area contributed by atoms with E-state index in [9.17, 15) is 19.3 Å². The van der Waals surface area contributed by atoms with Gasteiger partial charge in [-0.05, 0) is 42.0 Å². The molecule has 2 rings (SSSR count). The first-order chi connectivity index (χ1) is 14.8. The molecule has 0 unspecified atom stereocenters. The lowest BCUT2D eigenvalue weighted by molar-refractivity contribution is -0.384. The van der Waals surface area contributed by atoms with Gasteiger partial charge in [-0.15, -0.1) is 11.8 Å². The number of nitrogens with one attached hydrogen (secondary N) is 2. The lowest BCUT2D eigenvalue weighted by atomic mass is 10.2. The summed E-state index contributed by atoms with van der Waals surface area (Å²) < 4.78 is 13.0. The van der Waals surface area contributed by atoms with Crippen molar-refractivity contribution in [2.24, 2.45) is 4.99 Å². The van der Waals surface area contributed by atoms with Gasteiger partial charge in [0.05, 0.1) is 18.0 Å². The Balaban J connectivity index is 1.87. The van der Waals surface area contributed by atoms with Crippen LogP contribution in [0.1, 0.15) is 12.0 Å². The number of hydrogen-bond acceptors (Lipinski definition) is 5. The van der Waals surface area contributed by atoms with Crippen molar-refractivity contribution in [2.75, 3.05) is 32.9 Å². The predicted octanol–water partition coefficient (Wildman–Crippen LogP) is 3.04. The Bertz CT molecular complexity index is 889. The van der Waals surface area contributed by atoms with E-state index >= 15 is 0 Å². The van der Waals surface area contributed by atoms with Crippen molar-refractivity contribution >= 4 is 29.3 Å². The minimum Gasteiger partial charge on any atom is -0.356 e. The molecule has 0 aliphatic carbocycles. The number of guanidine groups is 1. The van der Waals surface area contributed by atoms with Crippen molar-refractivity contribution in [3.05, 3.63) is 70.0 Å². The molecule has 0 aliphatic rings. The molecular weight excluding hydrogens is 421 g/mol. The fourth-order valence-corrected chi connectivity index (χ4v) is 3.24. The molecular formula is C21H26FN5O3S. The number of carbonyl (C=O) groups excluding carboxylic acids is 1. The number of nitro groups is 1. The van der Waals surface area contributed by atoms with E-state index in [0.29, 0.717) is 19.0 Å². The van der Waals surface area contributed by atoms with Crippen LogP contribution in [0.15, 0.2) is 58.4 Å². The standard InChI is InChI=1S/C21H26FN5O3S/c1-26(2)20(28)15-25-21(24-14-16-4-8-18(9-5-16)27(29)30)23-12-3-13-31-19-10-6-17(22)7-11-19/h4-11H,3,12-15H2,1-2H3,(H2,23,24,25). The highest BCUT2D eigenvalue weighted by Crippen LogP contribution is 2.18. The Morgan fingerprint density at radius 1 is 1.13 bits per heavy atom. The summed E-state index contributed by atoms with van der Waals surface area (Å²) in [7, 11) is 3.36. The van der Waals surface area contributed by atoms with Crippen LogP contribution in [0.4, 0.5) is 10.1 Å². The SMILES string of the molecule is CN(C)C(=O)CNC(=NCc1ccc([N+](=O)[O-])cc1)NCCCSc1ccc(F)cc1. The van der Waals surface area contributed by atoms with Gasteiger partial charge in [-0.25, -0.2) is 9.38 Å². The summed E-state index contributed by atoms with van der Waals surface area (Å²) in [5.41, 5.74) is 0.844. The van der Waals surface area contributed by atoms with Crippen LogP contribution in [0.5, 0.6) is 0 Å². The molecule has 8 nitrogen and oxygen atoms in total. The second-order valence-corrected chi connectivity index (χ2v) is 7.98. The Morgan fingerprint density at radius 2 is 1.81 bits per heavy atom. The monoisotopic (exact) mass is 447 g/mol. The number of halogens is 1. The molecule has 166 valence electrons. The molecule has 0 atom stereocenters. The van der Waals surface area contributed by atoms with Crippen molar-refractivity contribution in [3.63, 3.8) is 0 Å². The van der Waals surface area contributed by atoms with Crippen molar-refractivity contribution < 1.29 is 14.1 Å². The zero-order valence-corrected chi connectivity index (χ0v) is 18.3. The van der Waals surface area contributed by atoms with Crippen LogP contribution in [0, 0.1) is 15.9 Å². The summed E-state index contributed by atoms with van der Waals surface area (Å²) in [6.45, 7) is 1.05. The number of thioether (sulfide) groups is 1. The topological polar surface area (TPSA) is 99.9 Å². The molecule has 1 amide bonds. The maximum atomic E-state index is 13.0. The van der Waals surface area contributed by atoms with E-state index < -0.39 is 4.92 Å². The van der Waals surface area contributed by atoms with Crippen LogP contribution in [-0.2, 0) is 11.3 Å². The van der Waals surface area contributed by atoms with E-state index in [1.165, 1.54) is 29.2 Å². The zero-order chi connectivity index (χ0) is 22.6. The molecule has 0 saturated carbocycles. The first kappa shape index (κ1) is 24.1. The molecule has 0 aliphatic heterocycles. The van der Waals surface area contributed by atoms with Crippen molar-refractivity contribution in [1.82, 2.24) is 15.5 Å². The smallest absolute Gasteiger partial charge is 0.269 e. The van der Waals surface area contributed by atoms with E-state index in [1.54, 1.807) is 50.1 Å². The number of hydrogen-bond donors (Lipinski definition) is 2. The van der Waals surface area contributed by atoms with Crippen LogP contribution in [0.2, 0.25) is 0 Å². The molecule has 31 heavy (non-hydrogen) atoms. The lowest BCUT2D eigenvalue weighted by Crippen LogP contribution is -2.43. The summed E-state index contributed by atoms with van der Waals surface area (Å²) in [6.07, 6.45) is 0.835. The third kappa shape index (κ3) is 9.04. The summed E-state index contributed by atoms with van der Waals surface area (Å²) in [6, 6.07) is 12.6. The van der Waals surface area contributed by atoms with Gasteiger partial charge in [-0.3, -0.25) is 14.9 Å². The average molecular weight is 448 g/mol. The first-order valence-corrected chi connectivity index (χ1v) is 10.7. The zero-order valence-electron chi connectivity index (χ0n) is 17.5. The summed E-state index contributed by atoms with van der Waals surface area (Å²) >= 11 is 1.63. The summed E-state index contributed by atoms with van der Waals surface area (Å²) in [4.78, 5) is 29.1. The molecule has 0 heterocycles. The van der Waals surface area contributed by atoms with Crippen LogP contribution in [0.25, 0.3) is 0 Å². The van der Waals surface area contributed by atoms with Gasteiger partial charge in [0.15, 0.2) is 5.96 Å². The Labute approximate surface area is 185 Å². The predicted molar refractivity (Wildman–Crippen MR) is 121 cm³/mol. The van der Waals surface area contributed by atoms with Crippen LogP contribution in [-0.4, -0.2) is 54.6 Å². The maximum Gasteiger partial charge on any atom is 0.269 e. The van der Waals surface area contributed by atoms with Gasteiger partial charge in [0, 0.05) is 37.7 Å². The maximum absolute atomic E-state index is 13.0. The molecule has 10 heteroatoms. The number of aliphatic imine (C=N–C) groups is 1. The summed E-state index contributed by atoms with van der Waals surface area (Å²) in [5, 5.41) is 17.0. The van der Waals surface area contributed by atoms with E-state index in [-0.39, 0.29) is 24.0 Å². The van der Waals surface area contributed by atoms with Crippen molar-refractivity contribution in [2.45, 2.75) is 17.9 Å². The largest absolute Gasteiger partial charge is 0.356 e. The minimum atomic E-state index is -0.446. The molecule has 0 aromatic heterocycles. The molecule has 0 radical (unpaired) electrons. The second-order valence-electron chi connectivity index (χ2n) is 6.81. The fraction of sp³-hybridized carbons (Fsp3) is 0.333. The molecule has 2 N–H and O–H groups in total. The first-order valence-electron chi connectivity index (χ1n) is 9.69. The van der Waals surface area contributed by atoms with Gasteiger partial charge in [-0.1, -0.05) is 12.1 Å². The molecule has 0 saturated heterocycles. The fourth-order valence-electron chi connectivity index (χ4n) is 2.38. The second kappa shape index (κ2) is 12.5. The van der Waals surface area contributed by atoms with Crippen molar-refractivity contribution in [1.29, 1.82) is 0 Å². The third-order valence-electron chi connectivity index (χ3n) is 4.17. The van der Waals surface area contributed by atoms with Crippen molar-refractivity contribution in [3.8, 4) is 0 Å². The number of likely N-dealkylation sites (N-methyl/N-ethyl adjacent to an activating group) is 1. The molecule has 0 fully saturated rings. The van der Waals surface area contributed by atoms with Crippen LogP contribution >= 0.6 is 11.8 Å². The number of nitro benzene ring substituents is 1. The van der Waals surface area contributed by atoms with Gasteiger partial charge in [-0.2, -0.15) is 0 Å². The number of rotatable bonds is 10. The number of benzene rings is 2. The Morgan fingerprint density at radius 3 is 2.42 bits per heavy atom. The normalized spacial score (nSPS) is 11.1. The third-order valence-corrected chi connectivity index (χ3v) is 5.27. The van der Waals surface area contributed by atoms with Gasteiger partial charge < -0.3 is 15.5 Å². The highest BCUT2D eigenvalue weighted by Gasteiger charge is 2.07. The molecule has 2 aromatic rings. The van der Waals surface area contributed by atoms with Crippen LogP contribution in [0.3, 0.4) is 0 Å². The Hall–Kier alpha value is -3.14. The minimum absolute atomic E-state index is 0.0273. The van der Waals surface area contributed by atoms with E-state index in [0.717, 1.165) is 22.6 Å². The highest BCUT2D eigenvalue weighted by molar-refractivity contribution is 7.99. The number of amides is 1. The molecule has 2 aromatic carbocycles. The van der Waals surface area contributed by atoms with Gasteiger partial charge in [0.25, 0.3) is 5.69 Å². The van der Waals surface area contributed by atoms with Crippen LogP contribution < -0.4 is 10.6 Å². The van der Waals surface area contributed by atoms with Gasteiger partial charge in [0.2, 0.25) is 5.91 Å². The van der Waals surface area contributed by atoms with E-state index in [4.69, 9.17) is 0 Å². The lowest BCUT2D eigenvalue weighted by Gasteiger charge is -2.15. The number of nitrogens with zero attached hydrogens (tertiary/aromatic N) is 3. The Kier molecular flexibility index (Phi) is 9.76. The molecule has 0 bridgehead atoms. The number of non-ortho nitro benzene ring substituents is 1. The van der Waals surface area contributed by atoms with E-state index in [1.807, 2.05) is 0 Å². The summed E-state index contributed by atoms with van der Waals surface area (Å²) in [5.74, 6) is 0.987. The number of carbonyl (C=O) groups is 1. The average Bonchev–Trinajstić information content (AvgIpc) is 2.76. The van der Waals surface area contributed by atoms with Gasteiger partial charge >= 0.3 is 0 Å². The van der Waals surface area contributed by atoms with Gasteiger partial charge in [0.1, 0.15) is 5.82 Å². The quantitative estimate of drug-likeness (QED) is 0.145. The molecule has 0 spiro atoms. The van der Waals surface area contributed by atoms with E-state index in [2.05, 4.69) is 15.6 Å². The highest BCUT2D eigenvalue weighted by atomic mass is 32.2.